The molecule has 0 radical (unpaired) electrons. The molecule has 1 atom stereocenters. The fraction of sp³-hybridized carbons (Fsp3) is 0.500. The zero-order valence-electron chi connectivity index (χ0n) is 11.4. The quantitative estimate of drug-likeness (QED) is 0.794. The first kappa shape index (κ1) is 14.7. The van der Waals surface area contributed by atoms with Crippen molar-refractivity contribution in [2.75, 3.05) is 31.6 Å². The van der Waals surface area contributed by atoms with Gasteiger partial charge in [0.1, 0.15) is 0 Å². The Morgan fingerprint density at radius 1 is 1.30 bits per heavy atom. The molecule has 0 amide bonds. The Bertz CT molecular complexity index is 533. The van der Waals surface area contributed by atoms with Crippen molar-refractivity contribution in [1.82, 2.24) is 4.90 Å². The summed E-state index contributed by atoms with van der Waals surface area (Å²) >= 11 is 0. The van der Waals surface area contributed by atoms with Crippen LogP contribution in [0.5, 0.6) is 0 Å². The van der Waals surface area contributed by atoms with Crippen molar-refractivity contribution in [1.29, 1.82) is 5.26 Å². The van der Waals surface area contributed by atoms with Gasteiger partial charge in [0, 0.05) is 31.4 Å². The van der Waals surface area contributed by atoms with Gasteiger partial charge in [-0.2, -0.15) is 18.4 Å². The summed E-state index contributed by atoms with van der Waals surface area (Å²) in [5.74, 6) is 0. The normalized spacial score (nSPS) is 20.8. The average Bonchev–Trinajstić information content (AvgIpc) is 2.37. The predicted molar refractivity (Wildman–Crippen MR) is 70.5 cm³/mol. The molecule has 0 aromatic heterocycles. The molecule has 1 aliphatic heterocycles. The summed E-state index contributed by atoms with van der Waals surface area (Å²) in [7, 11) is 1.99. The lowest BCUT2D eigenvalue weighted by molar-refractivity contribution is -0.137. The van der Waals surface area contributed by atoms with Crippen LogP contribution in [0.2, 0.25) is 0 Å². The van der Waals surface area contributed by atoms with E-state index in [0.717, 1.165) is 19.2 Å². The van der Waals surface area contributed by atoms with E-state index in [1.54, 1.807) is 12.1 Å². The number of anilines is 1. The van der Waals surface area contributed by atoms with Gasteiger partial charge in [-0.05, 0) is 32.2 Å². The number of piperazine rings is 1. The van der Waals surface area contributed by atoms with Gasteiger partial charge in [0.25, 0.3) is 0 Å². The zero-order valence-corrected chi connectivity index (χ0v) is 11.4. The second-order valence-corrected chi connectivity index (χ2v) is 5.14. The van der Waals surface area contributed by atoms with Crippen molar-refractivity contribution in [3.63, 3.8) is 0 Å². The molecule has 3 nitrogen and oxygen atoms in total. The lowest BCUT2D eigenvalue weighted by atomic mass is 10.0. The molecule has 1 aromatic rings. The van der Waals surface area contributed by atoms with Crippen molar-refractivity contribution in [2.45, 2.75) is 19.1 Å². The fourth-order valence-electron chi connectivity index (χ4n) is 2.57. The summed E-state index contributed by atoms with van der Waals surface area (Å²) in [4.78, 5) is 4.10. The van der Waals surface area contributed by atoms with Gasteiger partial charge < -0.3 is 9.80 Å². The minimum absolute atomic E-state index is 0.141. The number of rotatable bonds is 1. The van der Waals surface area contributed by atoms with Gasteiger partial charge in [0.05, 0.1) is 17.2 Å². The molecule has 20 heavy (non-hydrogen) atoms. The Balaban J connectivity index is 2.37. The first-order valence-electron chi connectivity index (χ1n) is 6.39. The third-order valence-corrected chi connectivity index (χ3v) is 3.59. The first-order valence-corrected chi connectivity index (χ1v) is 6.39. The Morgan fingerprint density at radius 3 is 2.55 bits per heavy atom. The van der Waals surface area contributed by atoms with Crippen molar-refractivity contribution < 1.29 is 13.2 Å². The monoisotopic (exact) mass is 283 g/mol. The van der Waals surface area contributed by atoms with Gasteiger partial charge in [0.15, 0.2) is 0 Å². The van der Waals surface area contributed by atoms with Crippen molar-refractivity contribution in [3.8, 4) is 6.07 Å². The molecule has 108 valence electrons. The molecular formula is C14H16F3N3. The Kier molecular flexibility index (Phi) is 3.91. The lowest BCUT2D eigenvalue weighted by Crippen LogP contribution is -2.50. The van der Waals surface area contributed by atoms with Gasteiger partial charge >= 0.3 is 6.18 Å². The Labute approximate surface area is 116 Å². The SMILES string of the molecule is CC1CN(C)CCN1c1ccc(C#N)c(C(F)(F)F)c1. The smallest absolute Gasteiger partial charge is 0.366 e. The second-order valence-electron chi connectivity index (χ2n) is 5.14. The van der Waals surface area contributed by atoms with Crippen LogP contribution in [0.25, 0.3) is 0 Å². The molecule has 6 heteroatoms. The van der Waals surface area contributed by atoms with Crippen LogP contribution in [0.4, 0.5) is 18.9 Å². The molecule has 2 rings (SSSR count). The van der Waals surface area contributed by atoms with Crippen molar-refractivity contribution in [2.24, 2.45) is 0 Å². The van der Waals surface area contributed by atoms with Crippen LogP contribution >= 0.6 is 0 Å². The van der Waals surface area contributed by atoms with E-state index in [0.29, 0.717) is 12.2 Å². The van der Waals surface area contributed by atoms with E-state index in [4.69, 9.17) is 5.26 Å². The van der Waals surface area contributed by atoms with E-state index in [2.05, 4.69) is 4.90 Å². The molecule has 0 spiro atoms. The van der Waals surface area contributed by atoms with E-state index >= 15 is 0 Å². The number of nitrogens with zero attached hydrogens (tertiary/aromatic N) is 3. The molecule has 0 N–H and O–H groups in total. The maximum atomic E-state index is 13.0. The highest BCUT2D eigenvalue weighted by atomic mass is 19.4. The van der Waals surface area contributed by atoms with Crippen LogP contribution in [-0.2, 0) is 6.18 Å². The van der Waals surface area contributed by atoms with Crippen LogP contribution in [0.3, 0.4) is 0 Å². The number of halogens is 3. The summed E-state index contributed by atoms with van der Waals surface area (Å²) in [5, 5.41) is 8.80. The average molecular weight is 283 g/mol. The highest BCUT2D eigenvalue weighted by molar-refractivity contribution is 5.55. The van der Waals surface area contributed by atoms with Gasteiger partial charge in [-0.3, -0.25) is 0 Å². The Hall–Kier alpha value is -1.74. The van der Waals surface area contributed by atoms with E-state index in [9.17, 15) is 13.2 Å². The highest BCUT2D eigenvalue weighted by Crippen LogP contribution is 2.35. The molecule has 1 aromatic carbocycles. The van der Waals surface area contributed by atoms with Crippen LogP contribution in [0, 0.1) is 11.3 Å². The van der Waals surface area contributed by atoms with Crippen LogP contribution < -0.4 is 4.90 Å². The van der Waals surface area contributed by atoms with Gasteiger partial charge in [-0.25, -0.2) is 0 Å². The van der Waals surface area contributed by atoms with E-state index in [1.807, 2.05) is 18.9 Å². The Morgan fingerprint density at radius 2 is 2.00 bits per heavy atom. The molecular weight excluding hydrogens is 267 g/mol. The minimum atomic E-state index is -4.50. The summed E-state index contributed by atoms with van der Waals surface area (Å²) in [6.45, 7) is 4.29. The van der Waals surface area contributed by atoms with E-state index in [1.165, 1.54) is 6.07 Å². The standard InChI is InChI=1S/C14H16F3N3/c1-10-9-19(2)5-6-20(10)12-4-3-11(8-18)13(7-12)14(15,16)17/h3-4,7,10H,5-6,9H2,1-2H3. The second kappa shape index (κ2) is 5.33. The van der Waals surface area contributed by atoms with Crippen molar-refractivity contribution >= 4 is 5.69 Å². The van der Waals surface area contributed by atoms with Gasteiger partial charge in [-0.15, -0.1) is 0 Å². The third kappa shape index (κ3) is 2.88. The predicted octanol–water partition coefficient (Wildman–Crippen LogP) is 2.72. The number of nitriles is 1. The van der Waals surface area contributed by atoms with E-state index in [-0.39, 0.29) is 11.6 Å². The van der Waals surface area contributed by atoms with Gasteiger partial charge in [0.2, 0.25) is 0 Å². The van der Waals surface area contributed by atoms with Gasteiger partial charge in [-0.1, -0.05) is 0 Å². The molecule has 1 unspecified atom stereocenters. The maximum absolute atomic E-state index is 13.0. The number of hydrogen-bond acceptors (Lipinski definition) is 3. The van der Waals surface area contributed by atoms with Crippen LogP contribution in [0.1, 0.15) is 18.1 Å². The number of hydrogen-bond donors (Lipinski definition) is 0. The molecule has 1 heterocycles. The van der Waals surface area contributed by atoms with Crippen LogP contribution in [-0.4, -0.2) is 37.6 Å². The van der Waals surface area contributed by atoms with E-state index < -0.39 is 11.7 Å². The highest BCUT2D eigenvalue weighted by Gasteiger charge is 2.34. The van der Waals surface area contributed by atoms with Crippen molar-refractivity contribution in [3.05, 3.63) is 29.3 Å². The number of benzene rings is 1. The molecule has 0 bridgehead atoms. The fourth-order valence-corrected chi connectivity index (χ4v) is 2.57. The molecule has 1 fully saturated rings. The summed E-state index contributed by atoms with van der Waals surface area (Å²) in [6, 6.07) is 5.67. The minimum Gasteiger partial charge on any atom is -0.366 e. The molecule has 0 aliphatic carbocycles. The third-order valence-electron chi connectivity index (χ3n) is 3.59. The maximum Gasteiger partial charge on any atom is 0.417 e. The zero-order chi connectivity index (χ0) is 14.9. The molecule has 1 aliphatic rings. The number of alkyl halides is 3. The summed E-state index contributed by atoms with van der Waals surface area (Å²) in [5.41, 5.74) is -0.663. The topological polar surface area (TPSA) is 30.3 Å². The summed E-state index contributed by atoms with van der Waals surface area (Å²) < 4.78 is 38.9. The largest absolute Gasteiger partial charge is 0.417 e. The number of likely N-dealkylation sites (N-methyl/N-ethyl adjacent to an activating group) is 1. The molecule has 1 saturated heterocycles. The lowest BCUT2D eigenvalue weighted by Gasteiger charge is -2.40. The van der Waals surface area contributed by atoms with Crippen LogP contribution in [0.15, 0.2) is 18.2 Å². The first-order chi connectivity index (χ1) is 9.32. The summed E-state index contributed by atoms with van der Waals surface area (Å²) in [6.07, 6.45) is -4.50. The molecule has 0 saturated carbocycles.